The van der Waals surface area contributed by atoms with Crippen LogP contribution in [-0.4, -0.2) is 32.7 Å². The summed E-state index contributed by atoms with van der Waals surface area (Å²) in [4.78, 5) is 3.13. The van der Waals surface area contributed by atoms with Gasteiger partial charge < -0.3 is 4.90 Å². The molecule has 0 bridgehead atoms. The summed E-state index contributed by atoms with van der Waals surface area (Å²) in [7, 11) is 3.45. The Morgan fingerprint density at radius 1 is 1.55 bits per heavy atom. The quantitative estimate of drug-likeness (QED) is 0.372. The van der Waals surface area contributed by atoms with Gasteiger partial charge in [0, 0.05) is 23.3 Å². The third-order valence-electron chi connectivity index (χ3n) is 1.48. The third-order valence-corrected chi connectivity index (χ3v) is 1.98. The van der Waals surface area contributed by atoms with Crippen LogP contribution in [0.4, 0.5) is 0 Å². The number of thiocarbonyl (C=S) groups is 1. The van der Waals surface area contributed by atoms with Crippen LogP contribution in [0.2, 0.25) is 0 Å². The minimum absolute atomic E-state index is 0.863. The lowest BCUT2D eigenvalue weighted by molar-refractivity contribution is 0.423. The maximum Gasteiger partial charge on any atom is 0.0513 e. The zero-order chi connectivity index (χ0) is 8.85. The minimum Gasteiger partial charge on any atom is -0.379 e. The van der Waals surface area contributed by atoms with Crippen LogP contribution in [0.25, 0.3) is 0 Å². The van der Waals surface area contributed by atoms with E-state index in [0.29, 0.717) is 0 Å². The van der Waals surface area contributed by atoms with Crippen molar-refractivity contribution in [3.63, 3.8) is 0 Å². The van der Waals surface area contributed by atoms with E-state index in [4.69, 9.17) is 12.2 Å². The second kappa shape index (κ2) is 5.49. The second-order valence-electron chi connectivity index (χ2n) is 2.41. The molecule has 3 heteroatoms. The predicted molar refractivity (Wildman–Crippen MR) is 55.0 cm³/mol. The Balaban J connectivity index is 4.18. The van der Waals surface area contributed by atoms with Crippen LogP contribution < -0.4 is 0 Å². The highest BCUT2D eigenvalue weighted by atomic mass is 32.1. The Morgan fingerprint density at radius 2 is 2.09 bits per heavy atom. The topological polar surface area (TPSA) is 3.24 Å². The smallest absolute Gasteiger partial charge is 0.0513 e. The summed E-state index contributed by atoms with van der Waals surface area (Å²) in [6.07, 6.45) is 2.88. The van der Waals surface area contributed by atoms with Crippen LogP contribution in [-0.2, 0) is 0 Å². The van der Waals surface area contributed by atoms with Crippen molar-refractivity contribution in [1.29, 1.82) is 0 Å². The molecular weight excluding hydrogens is 170 g/mol. The van der Waals surface area contributed by atoms with Gasteiger partial charge in [0.05, 0.1) is 10.2 Å². The van der Waals surface area contributed by atoms with Gasteiger partial charge >= 0.3 is 0 Å². The fourth-order valence-electron chi connectivity index (χ4n) is 0.871. The summed E-state index contributed by atoms with van der Waals surface area (Å²) in [5, 5.41) is 0. The summed E-state index contributed by atoms with van der Waals surface area (Å²) in [6.45, 7) is 7.13. The molecular formula is C8H14NSSi. The molecule has 0 aromatic heterocycles. The second-order valence-corrected chi connectivity index (χ2v) is 3.37. The summed E-state index contributed by atoms with van der Waals surface area (Å²) < 4.78 is 0. The normalized spacial score (nSPS) is 11.5. The minimum atomic E-state index is 0.863. The molecule has 0 atom stereocenters. The van der Waals surface area contributed by atoms with Crippen molar-refractivity contribution in [3.05, 3.63) is 11.8 Å². The van der Waals surface area contributed by atoms with E-state index < -0.39 is 0 Å². The largest absolute Gasteiger partial charge is 0.379 e. The first kappa shape index (κ1) is 10.8. The van der Waals surface area contributed by atoms with Crippen LogP contribution in [0.1, 0.15) is 20.8 Å². The maximum atomic E-state index is 4.97. The van der Waals surface area contributed by atoms with Crippen molar-refractivity contribution in [2.24, 2.45) is 0 Å². The zero-order valence-corrected chi connectivity index (χ0v) is 9.16. The van der Waals surface area contributed by atoms with E-state index in [2.05, 4.69) is 29.0 Å². The molecule has 61 valence electrons. The lowest BCUT2D eigenvalue weighted by atomic mass is 10.3. The lowest BCUT2D eigenvalue weighted by Crippen LogP contribution is -2.22. The van der Waals surface area contributed by atoms with Crippen molar-refractivity contribution in [2.75, 3.05) is 12.7 Å². The van der Waals surface area contributed by atoms with Gasteiger partial charge in [0.15, 0.2) is 0 Å². The van der Waals surface area contributed by atoms with E-state index in [1.165, 1.54) is 5.70 Å². The molecule has 0 aromatic rings. The average Bonchev–Trinajstić information content (AvgIpc) is 1.88. The van der Waals surface area contributed by atoms with Gasteiger partial charge in [0.25, 0.3) is 0 Å². The molecule has 0 spiro atoms. The van der Waals surface area contributed by atoms with Gasteiger partial charge in [0.2, 0.25) is 0 Å². The highest BCUT2D eigenvalue weighted by molar-refractivity contribution is 7.80. The van der Waals surface area contributed by atoms with Crippen LogP contribution >= 0.6 is 12.2 Å². The monoisotopic (exact) mass is 184 g/mol. The van der Waals surface area contributed by atoms with E-state index in [9.17, 15) is 0 Å². The molecule has 0 unspecified atom stereocenters. The van der Waals surface area contributed by atoms with Gasteiger partial charge in [-0.05, 0) is 26.8 Å². The first-order chi connectivity index (χ1) is 5.11. The summed E-state index contributed by atoms with van der Waals surface area (Å²) in [5.41, 5.74) is 1.22. The van der Waals surface area contributed by atoms with Gasteiger partial charge in [-0.1, -0.05) is 12.2 Å². The van der Waals surface area contributed by atoms with Gasteiger partial charge in [-0.2, -0.15) is 0 Å². The molecule has 0 rings (SSSR count). The van der Waals surface area contributed by atoms with Gasteiger partial charge in [-0.3, -0.25) is 0 Å². The molecule has 11 heavy (non-hydrogen) atoms. The fourth-order valence-corrected chi connectivity index (χ4v) is 1.51. The third kappa shape index (κ3) is 4.32. The highest BCUT2D eigenvalue weighted by Crippen LogP contribution is 2.01. The molecule has 0 aliphatic rings. The Labute approximate surface area is 77.9 Å². The number of allylic oxidation sites excluding steroid dienone is 2. The molecule has 0 aliphatic carbocycles. The van der Waals surface area contributed by atoms with Crippen molar-refractivity contribution >= 4 is 27.3 Å². The molecule has 1 nitrogen and oxygen atoms in total. The Kier molecular flexibility index (Phi) is 5.41. The Hall–Kier alpha value is -0.153. The van der Waals surface area contributed by atoms with Crippen molar-refractivity contribution in [2.45, 2.75) is 20.8 Å². The Bertz CT molecular complexity index is 161. The first-order valence-electron chi connectivity index (χ1n) is 3.70. The van der Waals surface area contributed by atoms with Crippen LogP contribution in [0.15, 0.2) is 11.8 Å². The number of hydrogen-bond acceptors (Lipinski definition) is 2. The molecule has 3 radical (unpaired) electrons. The van der Waals surface area contributed by atoms with E-state index in [1.807, 2.05) is 13.0 Å². The standard InChI is InChI=1S/C8H14NSSi/c1-4-9(6-11)7(2)5-8(3)10/h5H,4,6H2,1-3H3/b7-5-. The van der Waals surface area contributed by atoms with Gasteiger partial charge in [0.1, 0.15) is 0 Å². The zero-order valence-electron chi connectivity index (χ0n) is 7.35. The van der Waals surface area contributed by atoms with Crippen LogP contribution in [0.5, 0.6) is 0 Å². The molecule has 0 heterocycles. The van der Waals surface area contributed by atoms with E-state index >= 15 is 0 Å². The molecule has 0 saturated heterocycles. The molecule has 0 amide bonds. The van der Waals surface area contributed by atoms with Crippen LogP contribution in [0, 0.1) is 0 Å². The number of rotatable bonds is 4. The highest BCUT2D eigenvalue weighted by Gasteiger charge is 1.97. The van der Waals surface area contributed by atoms with E-state index in [1.54, 1.807) is 0 Å². The maximum absolute atomic E-state index is 4.97. The van der Waals surface area contributed by atoms with Crippen molar-refractivity contribution in [3.8, 4) is 0 Å². The predicted octanol–water partition coefficient (Wildman–Crippen LogP) is 1.73. The molecule has 0 aromatic carbocycles. The molecule has 0 N–H and O–H groups in total. The Morgan fingerprint density at radius 3 is 2.36 bits per heavy atom. The van der Waals surface area contributed by atoms with E-state index in [0.717, 1.165) is 17.6 Å². The summed E-state index contributed by atoms with van der Waals surface area (Å²) in [5.74, 6) is 0. The molecule has 0 aliphatic heterocycles. The van der Waals surface area contributed by atoms with Crippen LogP contribution in [0.3, 0.4) is 0 Å². The van der Waals surface area contributed by atoms with Crippen molar-refractivity contribution in [1.82, 2.24) is 4.90 Å². The molecule has 0 fully saturated rings. The summed E-state index contributed by atoms with van der Waals surface area (Å²) >= 11 is 4.97. The number of hydrogen-bond donors (Lipinski definition) is 0. The van der Waals surface area contributed by atoms with Crippen molar-refractivity contribution < 1.29 is 0 Å². The SMILES string of the molecule is CCN(C[Si])/C(C)=C\C(C)=S. The summed E-state index contributed by atoms with van der Waals surface area (Å²) in [6, 6.07) is 0. The van der Waals surface area contributed by atoms with Gasteiger partial charge in [-0.25, -0.2) is 0 Å². The first-order valence-corrected chi connectivity index (χ1v) is 4.81. The van der Waals surface area contributed by atoms with Gasteiger partial charge in [-0.15, -0.1) is 0 Å². The average molecular weight is 184 g/mol. The van der Waals surface area contributed by atoms with E-state index in [-0.39, 0.29) is 0 Å². The number of nitrogens with zero attached hydrogens (tertiary/aromatic N) is 1. The fraction of sp³-hybridized carbons (Fsp3) is 0.625. The molecule has 0 saturated carbocycles. The lowest BCUT2D eigenvalue weighted by Gasteiger charge is -2.21.